The van der Waals surface area contributed by atoms with Gasteiger partial charge in [0.25, 0.3) is 0 Å². The van der Waals surface area contributed by atoms with Crippen molar-refractivity contribution in [2.45, 2.75) is 29.8 Å². The van der Waals surface area contributed by atoms with Gasteiger partial charge in [-0.1, -0.05) is 12.1 Å². The number of nitrogens with one attached hydrogen (secondary N) is 2. The van der Waals surface area contributed by atoms with Crippen molar-refractivity contribution in [2.24, 2.45) is 5.73 Å². The Hall–Kier alpha value is -1.15. The lowest BCUT2D eigenvalue weighted by Gasteiger charge is -2.19. The average molecular weight is 299 g/mol. The predicted octanol–water partition coefficient (Wildman–Crippen LogP) is 0.513. The Morgan fingerprint density at radius 1 is 1.40 bits per heavy atom. The molecule has 1 atom stereocenters. The Bertz CT molecular complexity index is 544. The summed E-state index contributed by atoms with van der Waals surface area (Å²) in [5.41, 5.74) is 6.20. The second-order valence-electron chi connectivity index (χ2n) is 4.92. The molecule has 7 heteroatoms. The molecule has 0 saturated heterocycles. The van der Waals surface area contributed by atoms with Gasteiger partial charge in [0.05, 0.1) is 18.3 Å². The summed E-state index contributed by atoms with van der Waals surface area (Å²) in [6.45, 7) is 0.777. The number of nitrogens with two attached hydrogens (primary N) is 1. The molecule has 0 radical (unpaired) electrons. The molecule has 112 valence electrons. The van der Waals surface area contributed by atoms with E-state index >= 15 is 0 Å². The van der Waals surface area contributed by atoms with Crippen LogP contribution in [-0.2, 0) is 14.8 Å². The number of benzene rings is 1. The Morgan fingerprint density at radius 3 is 2.70 bits per heavy atom. The zero-order chi connectivity index (χ0) is 14.6. The molecule has 1 saturated carbocycles. The molecule has 0 amide bonds. The van der Waals surface area contributed by atoms with E-state index in [1.54, 1.807) is 31.4 Å². The Labute approximate surface area is 119 Å². The first kappa shape index (κ1) is 15.2. The van der Waals surface area contributed by atoms with E-state index in [0.717, 1.165) is 12.8 Å². The van der Waals surface area contributed by atoms with E-state index < -0.39 is 10.0 Å². The first-order chi connectivity index (χ1) is 9.56. The van der Waals surface area contributed by atoms with Crippen molar-refractivity contribution in [3.63, 3.8) is 0 Å². The van der Waals surface area contributed by atoms with Crippen molar-refractivity contribution in [3.05, 3.63) is 24.3 Å². The Kier molecular flexibility index (Phi) is 4.98. The number of para-hydroxylation sites is 1. The van der Waals surface area contributed by atoms with Crippen LogP contribution in [0.25, 0.3) is 0 Å². The van der Waals surface area contributed by atoms with Crippen molar-refractivity contribution in [1.29, 1.82) is 0 Å². The van der Waals surface area contributed by atoms with E-state index in [-0.39, 0.29) is 17.0 Å². The SMILES string of the molecule is COCC(CN)Nc1ccccc1S(=O)(=O)NC1CC1. The minimum atomic E-state index is -3.49. The fourth-order valence-electron chi connectivity index (χ4n) is 1.89. The van der Waals surface area contributed by atoms with Gasteiger partial charge in [-0.2, -0.15) is 0 Å². The minimum Gasteiger partial charge on any atom is -0.383 e. The van der Waals surface area contributed by atoms with Crippen molar-refractivity contribution < 1.29 is 13.2 Å². The van der Waals surface area contributed by atoms with Crippen LogP contribution in [0.4, 0.5) is 5.69 Å². The summed E-state index contributed by atoms with van der Waals surface area (Å²) in [6, 6.07) is 6.78. The van der Waals surface area contributed by atoms with Crippen LogP contribution in [0.2, 0.25) is 0 Å². The predicted molar refractivity (Wildman–Crippen MR) is 78.1 cm³/mol. The van der Waals surface area contributed by atoms with Gasteiger partial charge in [0, 0.05) is 19.7 Å². The molecule has 1 fully saturated rings. The van der Waals surface area contributed by atoms with Crippen LogP contribution < -0.4 is 15.8 Å². The lowest BCUT2D eigenvalue weighted by molar-refractivity contribution is 0.187. The molecule has 2 rings (SSSR count). The largest absolute Gasteiger partial charge is 0.383 e. The second-order valence-corrected chi connectivity index (χ2v) is 6.61. The molecular formula is C13H21N3O3S. The lowest BCUT2D eigenvalue weighted by atomic mass is 10.2. The summed E-state index contributed by atoms with van der Waals surface area (Å²) < 4.78 is 32.4. The average Bonchev–Trinajstić information content (AvgIpc) is 3.22. The van der Waals surface area contributed by atoms with Crippen molar-refractivity contribution in [2.75, 3.05) is 25.6 Å². The number of ether oxygens (including phenoxy) is 1. The molecule has 4 N–H and O–H groups in total. The standard InChI is InChI=1S/C13H21N3O3S/c1-19-9-11(8-14)15-12-4-2-3-5-13(12)20(17,18)16-10-6-7-10/h2-5,10-11,15-16H,6-9,14H2,1H3. The van der Waals surface area contributed by atoms with Gasteiger partial charge in [-0.3, -0.25) is 0 Å². The number of hydrogen-bond acceptors (Lipinski definition) is 5. The smallest absolute Gasteiger partial charge is 0.242 e. The highest BCUT2D eigenvalue weighted by atomic mass is 32.2. The third kappa shape index (κ3) is 3.92. The molecule has 0 aliphatic heterocycles. The molecule has 6 nitrogen and oxygen atoms in total. The summed E-state index contributed by atoms with van der Waals surface area (Å²) in [6.07, 6.45) is 1.81. The Balaban J connectivity index is 2.20. The second kappa shape index (κ2) is 6.53. The third-order valence-corrected chi connectivity index (χ3v) is 4.67. The number of sulfonamides is 1. The van der Waals surface area contributed by atoms with Gasteiger partial charge in [0.15, 0.2) is 0 Å². The molecule has 0 aromatic heterocycles. The van der Waals surface area contributed by atoms with E-state index in [0.29, 0.717) is 18.8 Å². The van der Waals surface area contributed by atoms with Crippen LogP contribution in [0.1, 0.15) is 12.8 Å². The molecule has 0 heterocycles. The topological polar surface area (TPSA) is 93.4 Å². The zero-order valence-corrected chi connectivity index (χ0v) is 12.3. The number of hydrogen-bond donors (Lipinski definition) is 3. The maximum absolute atomic E-state index is 12.3. The molecule has 0 spiro atoms. The first-order valence-corrected chi connectivity index (χ1v) is 8.12. The zero-order valence-electron chi connectivity index (χ0n) is 11.5. The van der Waals surface area contributed by atoms with Crippen LogP contribution >= 0.6 is 0 Å². The summed E-state index contributed by atoms with van der Waals surface area (Å²) in [5.74, 6) is 0. The monoisotopic (exact) mass is 299 g/mol. The van der Waals surface area contributed by atoms with E-state index in [9.17, 15) is 8.42 Å². The quantitative estimate of drug-likeness (QED) is 0.650. The minimum absolute atomic E-state index is 0.0809. The fourth-order valence-corrected chi connectivity index (χ4v) is 3.37. The van der Waals surface area contributed by atoms with E-state index in [1.165, 1.54) is 0 Å². The maximum Gasteiger partial charge on any atom is 0.242 e. The van der Waals surface area contributed by atoms with Gasteiger partial charge in [-0.05, 0) is 25.0 Å². The normalized spacial score (nSPS) is 16.9. The van der Waals surface area contributed by atoms with Crippen LogP contribution in [-0.4, -0.2) is 40.8 Å². The highest BCUT2D eigenvalue weighted by Gasteiger charge is 2.29. The van der Waals surface area contributed by atoms with E-state index in [2.05, 4.69) is 10.0 Å². The van der Waals surface area contributed by atoms with Crippen LogP contribution in [0, 0.1) is 0 Å². The highest BCUT2D eigenvalue weighted by Crippen LogP contribution is 2.26. The molecular weight excluding hydrogens is 278 g/mol. The van der Waals surface area contributed by atoms with Gasteiger partial charge >= 0.3 is 0 Å². The lowest BCUT2D eigenvalue weighted by Crippen LogP contribution is -2.34. The molecule has 0 bridgehead atoms. The summed E-state index contributed by atoms with van der Waals surface area (Å²) in [5, 5.41) is 3.13. The van der Waals surface area contributed by atoms with Crippen LogP contribution in [0.5, 0.6) is 0 Å². The van der Waals surface area contributed by atoms with Gasteiger partial charge in [-0.25, -0.2) is 13.1 Å². The van der Waals surface area contributed by atoms with Gasteiger partial charge in [0.1, 0.15) is 4.90 Å². The van der Waals surface area contributed by atoms with Crippen molar-refractivity contribution >= 4 is 15.7 Å². The molecule has 1 aromatic carbocycles. The summed E-state index contributed by atoms with van der Waals surface area (Å²) in [4.78, 5) is 0.251. The number of rotatable bonds is 8. The van der Waals surface area contributed by atoms with Crippen molar-refractivity contribution in [3.8, 4) is 0 Å². The van der Waals surface area contributed by atoms with Gasteiger partial charge in [0.2, 0.25) is 10.0 Å². The third-order valence-electron chi connectivity index (χ3n) is 3.09. The highest BCUT2D eigenvalue weighted by molar-refractivity contribution is 7.89. The molecule has 1 aromatic rings. The first-order valence-electron chi connectivity index (χ1n) is 6.63. The maximum atomic E-state index is 12.3. The Morgan fingerprint density at radius 2 is 2.10 bits per heavy atom. The van der Waals surface area contributed by atoms with Crippen LogP contribution in [0.15, 0.2) is 29.2 Å². The molecule has 1 aliphatic rings. The van der Waals surface area contributed by atoms with E-state index in [1.807, 2.05) is 0 Å². The number of methoxy groups -OCH3 is 1. The van der Waals surface area contributed by atoms with Gasteiger partial charge < -0.3 is 15.8 Å². The number of anilines is 1. The van der Waals surface area contributed by atoms with E-state index in [4.69, 9.17) is 10.5 Å². The van der Waals surface area contributed by atoms with Crippen molar-refractivity contribution in [1.82, 2.24) is 4.72 Å². The molecule has 20 heavy (non-hydrogen) atoms. The molecule has 1 aliphatic carbocycles. The molecule has 1 unspecified atom stereocenters. The van der Waals surface area contributed by atoms with Gasteiger partial charge in [-0.15, -0.1) is 0 Å². The fraction of sp³-hybridized carbons (Fsp3) is 0.538. The summed E-state index contributed by atoms with van der Waals surface area (Å²) in [7, 11) is -1.91. The van der Waals surface area contributed by atoms with Crippen LogP contribution in [0.3, 0.4) is 0 Å². The summed E-state index contributed by atoms with van der Waals surface area (Å²) >= 11 is 0.